The second kappa shape index (κ2) is 10.7. The second-order valence-corrected chi connectivity index (χ2v) is 8.29. The van der Waals surface area contributed by atoms with Gasteiger partial charge in [0.05, 0.1) is 0 Å². The fraction of sp³-hybridized carbons (Fsp3) is 0.900. The molecular formula is C20H37NO3. The minimum atomic E-state index is -0.739. The summed E-state index contributed by atoms with van der Waals surface area (Å²) in [5.41, 5.74) is -0.199. The molecule has 0 unspecified atom stereocenters. The number of rotatable bonds is 11. The van der Waals surface area contributed by atoms with E-state index in [9.17, 15) is 9.59 Å². The lowest BCUT2D eigenvalue weighted by Crippen LogP contribution is -2.41. The summed E-state index contributed by atoms with van der Waals surface area (Å²) in [6.07, 6.45) is 11.0. The van der Waals surface area contributed by atoms with Gasteiger partial charge < -0.3 is 10.4 Å². The van der Waals surface area contributed by atoms with Crippen LogP contribution in [0.2, 0.25) is 0 Å². The number of hydrogen-bond donors (Lipinski definition) is 2. The molecule has 1 rings (SSSR count). The topological polar surface area (TPSA) is 66.4 Å². The molecule has 0 radical (unpaired) electrons. The van der Waals surface area contributed by atoms with E-state index in [-0.39, 0.29) is 17.7 Å². The third-order valence-electron chi connectivity index (χ3n) is 5.50. The molecule has 0 aromatic heterocycles. The van der Waals surface area contributed by atoms with E-state index in [4.69, 9.17) is 5.11 Å². The fourth-order valence-corrected chi connectivity index (χ4v) is 3.64. The highest BCUT2D eigenvalue weighted by molar-refractivity contribution is 5.82. The van der Waals surface area contributed by atoms with Crippen molar-refractivity contribution in [1.29, 1.82) is 0 Å². The number of carbonyl (C=O) groups excluding carboxylic acids is 1. The standard InChI is InChI=1S/C20H37NO3/c1-16(2)8-7-9-17-11-13-20(3,14-12-17)19(24)21-15-6-4-5-10-18(22)23/h16-17H,4-15H2,1-3H3,(H,21,24)(H,22,23). The Morgan fingerprint density at radius 1 is 1.12 bits per heavy atom. The molecule has 0 spiro atoms. The quantitative estimate of drug-likeness (QED) is 0.533. The Bertz CT molecular complexity index is 384. The molecule has 1 aliphatic carbocycles. The van der Waals surface area contributed by atoms with E-state index in [1.165, 1.54) is 32.1 Å². The van der Waals surface area contributed by atoms with Crippen LogP contribution in [0.5, 0.6) is 0 Å². The minimum absolute atomic E-state index is 0.196. The van der Waals surface area contributed by atoms with E-state index in [1.807, 2.05) is 0 Å². The Kier molecular flexibility index (Phi) is 9.38. The maximum atomic E-state index is 12.5. The summed E-state index contributed by atoms with van der Waals surface area (Å²) < 4.78 is 0. The molecule has 4 heteroatoms. The predicted octanol–water partition coefficient (Wildman–Crippen LogP) is 4.77. The van der Waals surface area contributed by atoms with Crippen LogP contribution in [0.15, 0.2) is 0 Å². The third kappa shape index (κ3) is 8.16. The van der Waals surface area contributed by atoms with Crippen molar-refractivity contribution in [1.82, 2.24) is 5.32 Å². The van der Waals surface area contributed by atoms with E-state index in [0.717, 1.165) is 37.5 Å². The summed E-state index contributed by atoms with van der Waals surface area (Å²) in [7, 11) is 0. The second-order valence-electron chi connectivity index (χ2n) is 8.29. The third-order valence-corrected chi connectivity index (χ3v) is 5.50. The van der Waals surface area contributed by atoms with Gasteiger partial charge in [0.25, 0.3) is 0 Å². The molecule has 0 aromatic carbocycles. The lowest BCUT2D eigenvalue weighted by Gasteiger charge is -2.36. The van der Waals surface area contributed by atoms with Gasteiger partial charge >= 0.3 is 5.97 Å². The van der Waals surface area contributed by atoms with E-state index >= 15 is 0 Å². The number of nitrogens with one attached hydrogen (secondary N) is 1. The molecule has 0 heterocycles. The molecule has 1 amide bonds. The lowest BCUT2D eigenvalue weighted by atomic mass is 9.70. The molecule has 0 aliphatic heterocycles. The van der Waals surface area contributed by atoms with E-state index in [2.05, 4.69) is 26.1 Å². The van der Waals surface area contributed by atoms with E-state index in [0.29, 0.717) is 13.0 Å². The highest BCUT2D eigenvalue weighted by Gasteiger charge is 2.36. The normalized spacial score (nSPS) is 24.1. The van der Waals surface area contributed by atoms with Gasteiger partial charge in [-0.1, -0.05) is 46.5 Å². The molecule has 1 aliphatic rings. The monoisotopic (exact) mass is 339 g/mol. The van der Waals surface area contributed by atoms with Gasteiger partial charge in [-0.3, -0.25) is 9.59 Å². The Hall–Kier alpha value is -1.06. The van der Waals surface area contributed by atoms with Gasteiger partial charge in [0.1, 0.15) is 0 Å². The van der Waals surface area contributed by atoms with Crippen molar-refractivity contribution in [3.05, 3.63) is 0 Å². The summed E-state index contributed by atoms with van der Waals surface area (Å²) >= 11 is 0. The maximum absolute atomic E-state index is 12.5. The first kappa shape index (κ1) is 21.0. The van der Waals surface area contributed by atoms with Gasteiger partial charge in [-0.25, -0.2) is 0 Å². The minimum Gasteiger partial charge on any atom is -0.481 e. The Morgan fingerprint density at radius 3 is 2.38 bits per heavy atom. The fourth-order valence-electron chi connectivity index (χ4n) is 3.64. The van der Waals surface area contributed by atoms with Gasteiger partial charge in [-0.2, -0.15) is 0 Å². The van der Waals surface area contributed by atoms with Gasteiger partial charge in [-0.15, -0.1) is 0 Å². The first-order chi connectivity index (χ1) is 11.3. The van der Waals surface area contributed by atoms with Crippen molar-refractivity contribution >= 4 is 11.9 Å². The van der Waals surface area contributed by atoms with Crippen molar-refractivity contribution in [3.8, 4) is 0 Å². The number of hydrogen-bond acceptors (Lipinski definition) is 2. The molecule has 1 fully saturated rings. The summed E-state index contributed by atoms with van der Waals surface area (Å²) in [4.78, 5) is 22.9. The molecular weight excluding hydrogens is 302 g/mol. The first-order valence-electron chi connectivity index (χ1n) is 9.83. The molecule has 1 saturated carbocycles. The van der Waals surface area contributed by atoms with Crippen molar-refractivity contribution in [2.75, 3.05) is 6.54 Å². The van der Waals surface area contributed by atoms with Crippen LogP contribution in [0, 0.1) is 17.3 Å². The summed E-state index contributed by atoms with van der Waals surface area (Å²) in [6.45, 7) is 7.34. The number of carbonyl (C=O) groups is 2. The van der Waals surface area contributed by atoms with E-state index in [1.54, 1.807) is 0 Å². The van der Waals surface area contributed by atoms with Crippen LogP contribution in [0.3, 0.4) is 0 Å². The highest BCUT2D eigenvalue weighted by atomic mass is 16.4. The van der Waals surface area contributed by atoms with Crippen molar-refractivity contribution < 1.29 is 14.7 Å². The molecule has 0 bridgehead atoms. The Balaban J connectivity index is 2.17. The van der Waals surface area contributed by atoms with Crippen LogP contribution in [0.25, 0.3) is 0 Å². The number of amides is 1. The zero-order valence-corrected chi connectivity index (χ0v) is 15.9. The molecule has 4 nitrogen and oxygen atoms in total. The summed E-state index contributed by atoms with van der Waals surface area (Å²) in [6, 6.07) is 0. The first-order valence-corrected chi connectivity index (χ1v) is 9.83. The molecule has 0 aromatic rings. The SMILES string of the molecule is CC(C)CCCC1CCC(C)(C(=O)NCCCCCC(=O)O)CC1. The van der Waals surface area contributed by atoms with Gasteiger partial charge in [0.15, 0.2) is 0 Å². The van der Waals surface area contributed by atoms with Gasteiger partial charge in [-0.05, 0) is 50.4 Å². The number of aliphatic carboxylic acids is 1. The van der Waals surface area contributed by atoms with Crippen LogP contribution in [0.1, 0.15) is 91.4 Å². The van der Waals surface area contributed by atoms with Crippen LogP contribution >= 0.6 is 0 Å². The van der Waals surface area contributed by atoms with Crippen molar-refractivity contribution in [3.63, 3.8) is 0 Å². The number of carboxylic acids is 1. The van der Waals surface area contributed by atoms with Crippen molar-refractivity contribution in [2.24, 2.45) is 17.3 Å². The average molecular weight is 340 g/mol. The van der Waals surface area contributed by atoms with Crippen molar-refractivity contribution in [2.45, 2.75) is 91.4 Å². The van der Waals surface area contributed by atoms with Crippen LogP contribution in [-0.2, 0) is 9.59 Å². The zero-order valence-electron chi connectivity index (χ0n) is 15.9. The highest BCUT2D eigenvalue weighted by Crippen LogP contribution is 2.40. The molecule has 2 N–H and O–H groups in total. The van der Waals surface area contributed by atoms with Crippen LogP contribution < -0.4 is 5.32 Å². The van der Waals surface area contributed by atoms with Gasteiger partial charge in [0, 0.05) is 18.4 Å². The zero-order chi connectivity index (χ0) is 18.0. The largest absolute Gasteiger partial charge is 0.481 e. The molecule has 140 valence electrons. The molecule has 24 heavy (non-hydrogen) atoms. The Morgan fingerprint density at radius 2 is 1.79 bits per heavy atom. The van der Waals surface area contributed by atoms with E-state index < -0.39 is 5.97 Å². The van der Waals surface area contributed by atoms with Crippen LogP contribution in [0.4, 0.5) is 0 Å². The maximum Gasteiger partial charge on any atom is 0.303 e. The average Bonchev–Trinajstić information content (AvgIpc) is 2.52. The summed E-state index contributed by atoms with van der Waals surface area (Å²) in [5, 5.41) is 11.7. The molecule has 0 atom stereocenters. The lowest BCUT2D eigenvalue weighted by molar-refractivity contribution is -0.137. The van der Waals surface area contributed by atoms with Crippen LogP contribution in [-0.4, -0.2) is 23.5 Å². The summed E-state index contributed by atoms with van der Waals surface area (Å²) in [5.74, 6) is 1.05. The number of carboxylic acid groups (broad SMARTS) is 1. The molecule has 0 saturated heterocycles. The van der Waals surface area contributed by atoms with Gasteiger partial charge in [0.2, 0.25) is 5.91 Å². The number of unbranched alkanes of at least 4 members (excludes halogenated alkanes) is 2. The predicted molar refractivity (Wildman–Crippen MR) is 97.9 cm³/mol. The Labute approximate surface area is 147 Å². The smallest absolute Gasteiger partial charge is 0.303 e.